The summed E-state index contributed by atoms with van der Waals surface area (Å²) < 4.78 is 38.1. The fraction of sp³-hybridized carbons (Fsp3) is 0.167. The van der Waals surface area contributed by atoms with Gasteiger partial charge in [0.25, 0.3) is 0 Å². The van der Waals surface area contributed by atoms with Crippen LogP contribution in [0.25, 0.3) is 0 Å². The molecule has 2 aromatic heterocycles. The minimum absolute atomic E-state index is 0.0206. The number of aromatic hydroxyl groups is 1. The van der Waals surface area contributed by atoms with Crippen LogP contribution in [0.3, 0.4) is 0 Å². The zero-order valence-corrected chi connectivity index (χ0v) is 12.2. The average Bonchev–Trinajstić information content (AvgIpc) is 2.45. The first kappa shape index (κ1) is 16.5. The third-order valence-electron chi connectivity index (χ3n) is 2.46. The van der Waals surface area contributed by atoms with Gasteiger partial charge in [0.1, 0.15) is 17.1 Å². The zero-order valence-electron chi connectivity index (χ0n) is 10.6. The molecule has 1 N–H and O–H groups in total. The van der Waals surface area contributed by atoms with E-state index in [0.717, 1.165) is 18.0 Å². The van der Waals surface area contributed by atoms with E-state index in [-0.39, 0.29) is 39.2 Å². The lowest BCUT2D eigenvalue weighted by atomic mass is 10.3. The number of thioether (sulfide) groups is 1. The summed E-state index contributed by atoms with van der Waals surface area (Å²) in [7, 11) is 0. The second kappa shape index (κ2) is 6.49. The fourth-order valence-corrected chi connectivity index (χ4v) is 2.65. The monoisotopic (exact) mass is 349 g/mol. The van der Waals surface area contributed by atoms with Crippen molar-refractivity contribution in [1.29, 1.82) is 0 Å². The average molecular weight is 350 g/mol. The SMILES string of the molecule is O=Cc1cc(C(F)(F)F)nc(SCc2c(O)cncc2Cl)n1. The lowest BCUT2D eigenvalue weighted by Crippen LogP contribution is -2.10. The number of aldehydes is 1. The number of aromatic nitrogens is 3. The molecule has 0 saturated carbocycles. The van der Waals surface area contributed by atoms with Crippen LogP contribution >= 0.6 is 23.4 Å². The molecule has 2 heterocycles. The van der Waals surface area contributed by atoms with E-state index in [4.69, 9.17) is 11.6 Å². The second-order valence-electron chi connectivity index (χ2n) is 3.98. The molecule has 0 radical (unpaired) electrons. The molecule has 0 saturated heterocycles. The smallest absolute Gasteiger partial charge is 0.433 e. The van der Waals surface area contributed by atoms with Crippen molar-refractivity contribution in [1.82, 2.24) is 15.0 Å². The van der Waals surface area contributed by atoms with E-state index in [1.165, 1.54) is 6.20 Å². The molecule has 0 aliphatic heterocycles. The molecular formula is C12H7ClF3N3O2S. The highest BCUT2D eigenvalue weighted by Gasteiger charge is 2.33. The number of pyridine rings is 1. The van der Waals surface area contributed by atoms with Crippen LogP contribution in [0.1, 0.15) is 21.7 Å². The topological polar surface area (TPSA) is 76.0 Å². The van der Waals surface area contributed by atoms with Crippen LogP contribution in [0.15, 0.2) is 23.6 Å². The summed E-state index contributed by atoms with van der Waals surface area (Å²) >= 11 is 6.65. The molecule has 0 spiro atoms. The molecule has 0 aliphatic rings. The van der Waals surface area contributed by atoms with Gasteiger partial charge in [0.05, 0.1) is 11.2 Å². The lowest BCUT2D eigenvalue weighted by Gasteiger charge is -2.09. The maximum atomic E-state index is 12.7. The quantitative estimate of drug-likeness (QED) is 0.518. The van der Waals surface area contributed by atoms with Gasteiger partial charge in [-0.05, 0) is 6.07 Å². The summed E-state index contributed by atoms with van der Waals surface area (Å²) in [4.78, 5) is 21.4. The van der Waals surface area contributed by atoms with Gasteiger partial charge in [-0.3, -0.25) is 9.78 Å². The van der Waals surface area contributed by atoms with Crippen LogP contribution < -0.4 is 0 Å². The van der Waals surface area contributed by atoms with E-state index >= 15 is 0 Å². The summed E-state index contributed by atoms with van der Waals surface area (Å²) in [5.41, 5.74) is -1.30. The van der Waals surface area contributed by atoms with E-state index in [2.05, 4.69) is 15.0 Å². The van der Waals surface area contributed by atoms with Gasteiger partial charge in [0.2, 0.25) is 0 Å². The highest BCUT2D eigenvalue weighted by Crippen LogP contribution is 2.32. The first-order valence-corrected chi connectivity index (χ1v) is 7.03. The largest absolute Gasteiger partial charge is 0.506 e. The van der Waals surface area contributed by atoms with Crippen molar-refractivity contribution in [3.05, 3.63) is 40.4 Å². The molecular weight excluding hydrogens is 343 g/mol. The first-order chi connectivity index (χ1) is 10.3. The van der Waals surface area contributed by atoms with Gasteiger partial charge in [-0.15, -0.1) is 0 Å². The van der Waals surface area contributed by atoms with Crippen LogP contribution in [0, 0.1) is 0 Å². The number of carbonyl (C=O) groups is 1. The number of alkyl halides is 3. The standard InChI is InChI=1S/C12H7ClF3N3O2S/c13-8-2-17-3-9(21)7(8)5-22-11-18-6(4-20)1-10(19-11)12(14,15)16/h1-4,21H,5H2. The highest BCUT2D eigenvalue weighted by atomic mass is 35.5. The Morgan fingerprint density at radius 2 is 2.05 bits per heavy atom. The lowest BCUT2D eigenvalue weighted by molar-refractivity contribution is -0.141. The van der Waals surface area contributed by atoms with Crippen molar-refractivity contribution in [3.8, 4) is 5.75 Å². The van der Waals surface area contributed by atoms with Crippen molar-refractivity contribution < 1.29 is 23.1 Å². The van der Waals surface area contributed by atoms with E-state index in [9.17, 15) is 23.1 Å². The molecule has 5 nitrogen and oxygen atoms in total. The van der Waals surface area contributed by atoms with Crippen molar-refractivity contribution in [2.24, 2.45) is 0 Å². The molecule has 0 aromatic carbocycles. The second-order valence-corrected chi connectivity index (χ2v) is 5.33. The minimum Gasteiger partial charge on any atom is -0.506 e. The van der Waals surface area contributed by atoms with Crippen molar-refractivity contribution in [2.75, 3.05) is 0 Å². The van der Waals surface area contributed by atoms with E-state index in [0.29, 0.717) is 6.07 Å². The van der Waals surface area contributed by atoms with Gasteiger partial charge in [-0.25, -0.2) is 9.97 Å². The maximum absolute atomic E-state index is 12.7. The maximum Gasteiger partial charge on any atom is 0.433 e. The van der Waals surface area contributed by atoms with E-state index in [1.54, 1.807) is 0 Å². The van der Waals surface area contributed by atoms with Gasteiger partial charge < -0.3 is 5.11 Å². The molecule has 2 rings (SSSR count). The number of rotatable bonds is 4. The van der Waals surface area contributed by atoms with Crippen LogP contribution in [0.2, 0.25) is 5.02 Å². The van der Waals surface area contributed by atoms with Gasteiger partial charge in [-0.1, -0.05) is 23.4 Å². The Hall–Kier alpha value is -1.87. The Morgan fingerprint density at radius 3 is 2.64 bits per heavy atom. The Kier molecular flexibility index (Phi) is 4.87. The number of nitrogens with zero attached hydrogens (tertiary/aromatic N) is 3. The third-order valence-corrected chi connectivity index (χ3v) is 3.66. The van der Waals surface area contributed by atoms with Gasteiger partial charge in [0, 0.05) is 17.5 Å². The summed E-state index contributed by atoms with van der Waals surface area (Å²) in [5.74, 6) is -0.171. The normalized spacial score (nSPS) is 11.5. The van der Waals surface area contributed by atoms with Crippen molar-refractivity contribution in [3.63, 3.8) is 0 Å². The van der Waals surface area contributed by atoms with Gasteiger partial charge in [0.15, 0.2) is 11.4 Å². The van der Waals surface area contributed by atoms with Crippen LogP contribution in [0.5, 0.6) is 5.75 Å². The molecule has 0 amide bonds. The Labute approximate surface area is 131 Å². The molecule has 0 aliphatic carbocycles. The fourth-order valence-electron chi connectivity index (χ4n) is 1.44. The number of hydrogen-bond donors (Lipinski definition) is 1. The van der Waals surface area contributed by atoms with Crippen LogP contribution in [0.4, 0.5) is 13.2 Å². The first-order valence-electron chi connectivity index (χ1n) is 5.67. The van der Waals surface area contributed by atoms with Crippen molar-refractivity contribution >= 4 is 29.6 Å². The Morgan fingerprint density at radius 1 is 1.32 bits per heavy atom. The number of halogens is 4. The molecule has 0 fully saturated rings. The number of hydrogen-bond acceptors (Lipinski definition) is 6. The molecule has 22 heavy (non-hydrogen) atoms. The summed E-state index contributed by atoms with van der Waals surface area (Å²) in [6.45, 7) is 0. The van der Waals surface area contributed by atoms with Crippen LogP contribution in [-0.4, -0.2) is 26.3 Å². The van der Waals surface area contributed by atoms with E-state index in [1.807, 2.05) is 0 Å². The molecule has 0 unspecified atom stereocenters. The molecule has 116 valence electrons. The summed E-state index contributed by atoms with van der Waals surface area (Å²) in [6.07, 6.45) is -2.03. The van der Waals surface area contributed by atoms with Gasteiger partial charge >= 0.3 is 6.18 Å². The molecule has 0 atom stereocenters. The summed E-state index contributed by atoms with van der Waals surface area (Å²) in [6, 6.07) is 0.563. The third kappa shape index (κ3) is 3.86. The number of carbonyl (C=O) groups excluding carboxylic acids is 1. The zero-order chi connectivity index (χ0) is 16.3. The Balaban J connectivity index is 2.28. The predicted molar refractivity (Wildman–Crippen MR) is 72.9 cm³/mol. The predicted octanol–water partition coefficient (Wildman–Crippen LogP) is 3.35. The molecule has 10 heteroatoms. The minimum atomic E-state index is -4.69. The molecule has 0 bridgehead atoms. The summed E-state index contributed by atoms with van der Waals surface area (Å²) in [5, 5.41) is 9.53. The van der Waals surface area contributed by atoms with Crippen LogP contribution in [-0.2, 0) is 11.9 Å². The Bertz CT molecular complexity index is 692. The van der Waals surface area contributed by atoms with E-state index < -0.39 is 11.9 Å². The van der Waals surface area contributed by atoms with Crippen molar-refractivity contribution in [2.45, 2.75) is 17.1 Å². The molecule has 2 aromatic rings. The highest BCUT2D eigenvalue weighted by molar-refractivity contribution is 7.98. The van der Waals surface area contributed by atoms with Gasteiger partial charge in [-0.2, -0.15) is 13.2 Å².